The lowest BCUT2D eigenvalue weighted by molar-refractivity contribution is 0.0174. The minimum absolute atomic E-state index is 0.0190. The quantitative estimate of drug-likeness (QED) is 0.0447. The van der Waals surface area contributed by atoms with Crippen LogP contribution in [0.4, 0.5) is 8.78 Å². The van der Waals surface area contributed by atoms with Gasteiger partial charge < -0.3 is 47.5 Å². The van der Waals surface area contributed by atoms with Crippen molar-refractivity contribution in [2.24, 2.45) is 0 Å². The van der Waals surface area contributed by atoms with Gasteiger partial charge in [-0.25, -0.2) is 33.7 Å². The van der Waals surface area contributed by atoms with Crippen molar-refractivity contribution in [2.75, 3.05) is 0 Å². The molecule has 2 atom stereocenters. The van der Waals surface area contributed by atoms with E-state index in [0.717, 1.165) is 267 Å². The Morgan fingerprint density at radius 1 is 0.303 bits per heavy atom. The highest BCUT2D eigenvalue weighted by Crippen LogP contribution is 2.50. The molecule has 0 radical (unpaired) electrons. The van der Waals surface area contributed by atoms with Crippen molar-refractivity contribution in [3.05, 3.63) is 372 Å². The molecule has 10 aromatic heterocycles. The van der Waals surface area contributed by atoms with E-state index >= 15 is 0 Å². The van der Waals surface area contributed by atoms with Crippen LogP contribution < -0.4 is 0 Å². The molecule has 10 aromatic carbocycles. The van der Waals surface area contributed by atoms with Crippen LogP contribution >= 0.6 is 0 Å². The molecule has 5 saturated carbocycles. The second-order valence-corrected chi connectivity index (χ2v) is 40.1. The zero-order chi connectivity index (χ0) is 98.7. The summed E-state index contributed by atoms with van der Waals surface area (Å²) in [5, 5.41) is 20.7. The fraction of sp³-hybridized carbons (Fsp3) is 0.283. The van der Waals surface area contributed by atoms with Crippen LogP contribution in [0.5, 0.6) is 0 Å². The van der Waals surface area contributed by atoms with Gasteiger partial charge in [0.15, 0.2) is 0 Å². The molecular weight excluding hydrogens is 1770 g/mol. The van der Waals surface area contributed by atoms with E-state index in [2.05, 4.69) is 263 Å². The van der Waals surface area contributed by atoms with Gasteiger partial charge in [0, 0.05) is 98.4 Å². The Labute approximate surface area is 823 Å². The molecule has 5 aliphatic carbocycles. The highest BCUT2D eigenvalue weighted by atomic mass is 19.3. The number of aryl methyl sites for hydroxylation is 13. The standard InChI is InChI=1S/C25H23F2N3O.C24H25N3O.2C24H23N3O.C23H23N3O/c1-13(16-7-9-19(10-8-16)25(4,26)27)20-11-18(22-14(2)30-31-15(22)3)12-21-23(20)29-24(28-21)17-5-6-17;2*1-13-5-7-17(8-6-13)14(2)20-11-19(22-15(3)27-28-16(22)4)12-21-23(20)26-24(25-21)18-9-10-18;1-13-6-5-7-18(10-13)14(2)20-11-19(22-15(3)27-28-16(22)4)12-21-23(20)26-24(25-21)17-8-9-17;1-13(16-7-5-4-6-8-16)19-11-18(21-14(2)26-27-15(21)3)12-20-22(19)25-23(24-20)17-9-10-17/h7-12,17H,1,5-6H2,2-4H3,(H,28,29);5-8,11-12,14,18H,9-10H2,1-4H3,(H,25,26);5-8,11-12,18H,2,9-10H2,1,3-4H3,(H,25,26);5-7,10-12,17H,2,8-9H2,1,3-4H3,(H,25,26);4-8,11-13,17H,9-10H2,1-3H3,(H,24,25). The van der Waals surface area contributed by atoms with E-state index in [1.54, 1.807) is 12.1 Å². The molecule has 0 aliphatic heterocycles. The molecule has 0 amide bonds. The third-order valence-electron chi connectivity index (χ3n) is 28.8. The van der Waals surface area contributed by atoms with Gasteiger partial charge in [0.2, 0.25) is 0 Å². The van der Waals surface area contributed by atoms with Crippen LogP contribution in [0.2, 0.25) is 0 Å². The largest absolute Gasteiger partial charge is 0.361 e. The second-order valence-electron chi connectivity index (χ2n) is 40.1. The minimum atomic E-state index is -2.88. The first kappa shape index (κ1) is 93.0. The minimum Gasteiger partial charge on any atom is -0.361 e. The molecule has 142 heavy (non-hydrogen) atoms. The monoisotopic (exact) mass is 1890 g/mol. The summed E-state index contributed by atoms with van der Waals surface area (Å²) >= 11 is 0. The Balaban J connectivity index is 0.000000105. The van der Waals surface area contributed by atoms with Crippen LogP contribution in [-0.2, 0) is 5.92 Å². The fourth-order valence-corrected chi connectivity index (χ4v) is 20.0. The molecule has 5 N–H and O–H groups in total. The van der Waals surface area contributed by atoms with Crippen molar-refractivity contribution in [2.45, 2.75) is 222 Å². The van der Waals surface area contributed by atoms with E-state index in [9.17, 15) is 8.78 Å². The lowest BCUT2D eigenvalue weighted by Gasteiger charge is -2.15. The lowest BCUT2D eigenvalue weighted by atomic mass is 9.89. The number of fused-ring (bicyclic) bond motifs is 5. The molecule has 5 aliphatic rings. The van der Waals surface area contributed by atoms with Gasteiger partial charge in [-0.15, -0.1) is 0 Å². The second kappa shape index (κ2) is 37.4. The maximum absolute atomic E-state index is 13.6. The van der Waals surface area contributed by atoms with Crippen molar-refractivity contribution >= 4 is 71.9 Å². The first-order valence-corrected chi connectivity index (χ1v) is 49.5. The first-order chi connectivity index (χ1) is 68.4. The summed E-state index contributed by atoms with van der Waals surface area (Å²) in [5.74, 6) is 9.94. The summed E-state index contributed by atoms with van der Waals surface area (Å²) in [6.45, 7) is 44.5. The fourth-order valence-electron chi connectivity index (χ4n) is 20.0. The van der Waals surface area contributed by atoms with Crippen molar-refractivity contribution in [1.29, 1.82) is 0 Å². The number of aromatic amines is 5. The molecular formula is C120H117F2N15O5. The third-order valence-corrected chi connectivity index (χ3v) is 28.8. The van der Waals surface area contributed by atoms with E-state index in [1.807, 2.05) is 75.3 Å². The van der Waals surface area contributed by atoms with Crippen LogP contribution in [0.25, 0.3) is 128 Å². The lowest BCUT2D eigenvalue weighted by Crippen LogP contribution is -2.06. The van der Waals surface area contributed by atoms with Crippen molar-refractivity contribution in [3.63, 3.8) is 0 Å². The van der Waals surface area contributed by atoms with Crippen LogP contribution in [-0.4, -0.2) is 75.6 Å². The summed E-state index contributed by atoms with van der Waals surface area (Å²) in [5.41, 5.74) is 42.8. The topological polar surface area (TPSA) is 274 Å². The van der Waals surface area contributed by atoms with Crippen LogP contribution in [0, 0.1) is 90.0 Å². The number of alkyl halides is 2. The molecule has 716 valence electrons. The number of halogens is 2. The summed E-state index contributed by atoms with van der Waals surface area (Å²) < 4.78 is 54.3. The third kappa shape index (κ3) is 18.8. The molecule has 10 heterocycles. The number of nitrogens with one attached hydrogen (secondary N) is 5. The van der Waals surface area contributed by atoms with E-state index < -0.39 is 5.92 Å². The summed E-state index contributed by atoms with van der Waals surface area (Å²) in [4.78, 5) is 42.5. The summed E-state index contributed by atoms with van der Waals surface area (Å²) in [6, 6.07) is 64.4. The van der Waals surface area contributed by atoms with Crippen molar-refractivity contribution in [3.8, 4) is 55.6 Å². The zero-order valence-electron chi connectivity index (χ0n) is 83.4. The van der Waals surface area contributed by atoms with Gasteiger partial charge in [0.1, 0.15) is 57.9 Å². The first-order valence-electron chi connectivity index (χ1n) is 49.5. The van der Waals surface area contributed by atoms with Gasteiger partial charge in [-0.3, -0.25) is 0 Å². The van der Waals surface area contributed by atoms with Gasteiger partial charge in [-0.05, 0) is 298 Å². The molecule has 22 heteroatoms. The van der Waals surface area contributed by atoms with E-state index in [1.165, 1.54) is 102 Å². The Kier molecular flexibility index (Phi) is 24.5. The number of benzene rings is 10. The Bertz CT molecular complexity index is 8160. The number of hydrogen-bond donors (Lipinski definition) is 5. The molecule has 0 bridgehead atoms. The maximum Gasteiger partial charge on any atom is 0.270 e. The maximum atomic E-state index is 13.6. The Morgan fingerprint density at radius 2 is 0.577 bits per heavy atom. The summed E-state index contributed by atoms with van der Waals surface area (Å²) in [7, 11) is 0. The molecule has 5 fully saturated rings. The predicted molar refractivity (Wildman–Crippen MR) is 561 cm³/mol. The summed E-state index contributed by atoms with van der Waals surface area (Å²) in [6.07, 6.45) is 12.1. The van der Waals surface area contributed by atoms with Crippen molar-refractivity contribution in [1.82, 2.24) is 75.6 Å². The van der Waals surface area contributed by atoms with Gasteiger partial charge in [0.25, 0.3) is 5.92 Å². The number of H-pyrrole nitrogens is 5. The van der Waals surface area contributed by atoms with Crippen LogP contribution in [0.15, 0.2) is 230 Å². The number of rotatable bonds is 21. The van der Waals surface area contributed by atoms with Crippen LogP contribution in [0.1, 0.15) is 291 Å². The average molecular weight is 1890 g/mol. The predicted octanol–water partition coefficient (Wildman–Crippen LogP) is 31.1. The van der Waals surface area contributed by atoms with Gasteiger partial charge in [0.05, 0.1) is 83.6 Å². The van der Waals surface area contributed by atoms with Gasteiger partial charge in [-0.1, -0.05) is 203 Å². The van der Waals surface area contributed by atoms with Gasteiger partial charge in [-0.2, -0.15) is 0 Å². The number of hydrogen-bond acceptors (Lipinski definition) is 15. The normalized spacial score (nSPS) is 14.6. The number of imidazole rings is 5. The SMILES string of the molecule is C=C(c1ccc(C(C)(F)F)cc1)c1cc(-c2c(C)noc2C)cc2[nH]c(C3CC3)nc12.C=C(c1ccc(C)cc1)c1cc(-c2c(C)noc2C)cc2[nH]c(C3CC3)nc12.C=C(c1cccc(C)c1)c1cc(-c2c(C)noc2C)cc2[nH]c(C3CC3)nc12.Cc1ccc(C(C)c2cc(-c3c(C)noc3C)cc3[nH]c(C4CC4)nc23)cc1.Cc1noc(C)c1-c1cc(C(C)c2ccccc2)c2nc(C3CC3)[nH]c2c1. The molecule has 20 nitrogen and oxygen atoms in total. The van der Waals surface area contributed by atoms with Crippen molar-refractivity contribution < 1.29 is 31.4 Å². The number of aromatic nitrogens is 15. The molecule has 0 saturated heterocycles. The highest BCUT2D eigenvalue weighted by Gasteiger charge is 2.35. The van der Waals surface area contributed by atoms with E-state index in [4.69, 9.17) is 47.5 Å². The number of nitrogens with zero attached hydrogens (tertiary/aromatic N) is 10. The zero-order valence-corrected chi connectivity index (χ0v) is 83.4. The molecule has 0 spiro atoms. The van der Waals surface area contributed by atoms with E-state index in [-0.39, 0.29) is 17.4 Å². The van der Waals surface area contributed by atoms with E-state index in [0.29, 0.717) is 29.6 Å². The van der Waals surface area contributed by atoms with Crippen LogP contribution in [0.3, 0.4) is 0 Å². The highest BCUT2D eigenvalue weighted by molar-refractivity contribution is 6.01. The smallest absolute Gasteiger partial charge is 0.270 e. The Hall–Kier alpha value is -15.3. The molecule has 2 unspecified atom stereocenters. The molecule has 25 rings (SSSR count). The van der Waals surface area contributed by atoms with Gasteiger partial charge >= 0.3 is 0 Å². The Morgan fingerprint density at radius 3 is 0.866 bits per heavy atom. The average Bonchev–Trinajstić information content (AvgIpc) is 1.60. The molecule has 20 aromatic rings.